The van der Waals surface area contributed by atoms with Crippen LogP contribution in [0.5, 0.6) is 0 Å². The number of carbonyl (C=O) groups excluding carboxylic acids is 1. The first-order chi connectivity index (χ1) is 6.59. The second-order valence-electron chi connectivity index (χ2n) is 3.78. The Morgan fingerprint density at radius 3 is 2.93 bits per heavy atom. The van der Waals surface area contributed by atoms with Crippen LogP contribution in [-0.2, 0) is 11.2 Å². The third-order valence-electron chi connectivity index (χ3n) is 2.69. The molecule has 0 fully saturated rings. The Hall–Kier alpha value is -1.38. The van der Waals surface area contributed by atoms with Gasteiger partial charge in [0.05, 0.1) is 0 Å². The Morgan fingerprint density at radius 1 is 1.50 bits per heavy atom. The van der Waals surface area contributed by atoms with Gasteiger partial charge in [-0.15, -0.1) is 0 Å². The maximum Gasteiger partial charge on any atom is 0.229 e. The monoisotopic (exact) mass is 193 g/mol. The normalized spacial score (nSPS) is 20.9. The van der Waals surface area contributed by atoms with Gasteiger partial charge in [-0.25, -0.2) is 4.39 Å². The van der Waals surface area contributed by atoms with E-state index in [-0.39, 0.29) is 17.6 Å². The van der Waals surface area contributed by atoms with Gasteiger partial charge in [0.1, 0.15) is 5.82 Å². The van der Waals surface area contributed by atoms with Gasteiger partial charge in [0.15, 0.2) is 0 Å². The standard InChI is InChI=1S/C11H12FNO/c1-7-5-8-3-4-9(12)6-10(8)13(2)11(7)14/h3-4,6-7H,5H2,1-2H3. The highest BCUT2D eigenvalue weighted by Crippen LogP contribution is 2.29. The zero-order valence-electron chi connectivity index (χ0n) is 8.25. The van der Waals surface area contributed by atoms with E-state index in [2.05, 4.69) is 0 Å². The van der Waals surface area contributed by atoms with Crippen molar-refractivity contribution in [1.29, 1.82) is 0 Å². The number of halogens is 1. The van der Waals surface area contributed by atoms with Crippen molar-refractivity contribution in [2.24, 2.45) is 5.92 Å². The Bertz CT molecular complexity index is 389. The lowest BCUT2D eigenvalue weighted by Crippen LogP contribution is -2.37. The van der Waals surface area contributed by atoms with Crippen molar-refractivity contribution >= 4 is 11.6 Å². The summed E-state index contributed by atoms with van der Waals surface area (Å²) in [5.74, 6) is -0.237. The second kappa shape index (κ2) is 3.08. The molecule has 0 saturated carbocycles. The third-order valence-corrected chi connectivity index (χ3v) is 2.69. The van der Waals surface area contributed by atoms with E-state index in [1.165, 1.54) is 17.0 Å². The molecule has 14 heavy (non-hydrogen) atoms. The summed E-state index contributed by atoms with van der Waals surface area (Å²) in [6.45, 7) is 1.89. The molecule has 0 aromatic heterocycles. The molecular formula is C11H12FNO. The summed E-state index contributed by atoms with van der Waals surface area (Å²) in [4.78, 5) is 13.1. The molecule has 3 heteroatoms. The fraction of sp³-hybridized carbons (Fsp3) is 0.364. The number of carbonyl (C=O) groups is 1. The highest BCUT2D eigenvalue weighted by atomic mass is 19.1. The smallest absolute Gasteiger partial charge is 0.229 e. The topological polar surface area (TPSA) is 20.3 Å². The molecule has 1 aliphatic rings. The number of fused-ring (bicyclic) bond motifs is 1. The quantitative estimate of drug-likeness (QED) is 0.617. The van der Waals surface area contributed by atoms with Crippen LogP contribution >= 0.6 is 0 Å². The lowest BCUT2D eigenvalue weighted by atomic mass is 9.93. The van der Waals surface area contributed by atoms with Gasteiger partial charge in [-0.1, -0.05) is 13.0 Å². The molecule has 0 radical (unpaired) electrons. The van der Waals surface area contributed by atoms with E-state index in [4.69, 9.17) is 0 Å². The number of hydrogen-bond donors (Lipinski definition) is 0. The average molecular weight is 193 g/mol. The first-order valence-electron chi connectivity index (χ1n) is 4.65. The van der Waals surface area contributed by atoms with Gasteiger partial charge in [-0.2, -0.15) is 0 Å². The summed E-state index contributed by atoms with van der Waals surface area (Å²) in [5, 5.41) is 0. The molecule has 1 atom stereocenters. The lowest BCUT2D eigenvalue weighted by molar-refractivity contribution is -0.121. The predicted octanol–water partition coefficient (Wildman–Crippen LogP) is 1.98. The van der Waals surface area contributed by atoms with Crippen molar-refractivity contribution in [3.63, 3.8) is 0 Å². The van der Waals surface area contributed by atoms with Crippen molar-refractivity contribution in [3.05, 3.63) is 29.6 Å². The first kappa shape index (κ1) is 9.19. The van der Waals surface area contributed by atoms with E-state index < -0.39 is 0 Å². The second-order valence-corrected chi connectivity index (χ2v) is 3.78. The van der Waals surface area contributed by atoms with Crippen LogP contribution in [0.3, 0.4) is 0 Å². The fourth-order valence-corrected chi connectivity index (χ4v) is 1.89. The highest BCUT2D eigenvalue weighted by Gasteiger charge is 2.27. The fourth-order valence-electron chi connectivity index (χ4n) is 1.89. The van der Waals surface area contributed by atoms with Crippen LogP contribution in [0.1, 0.15) is 12.5 Å². The largest absolute Gasteiger partial charge is 0.315 e. The Balaban J connectivity index is 2.51. The summed E-state index contributed by atoms with van der Waals surface area (Å²) in [6, 6.07) is 4.61. The molecule has 0 saturated heterocycles. The van der Waals surface area contributed by atoms with E-state index in [0.717, 1.165) is 5.56 Å². The molecule has 2 nitrogen and oxygen atoms in total. The molecule has 0 bridgehead atoms. The van der Waals surface area contributed by atoms with Crippen molar-refractivity contribution in [2.75, 3.05) is 11.9 Å². The summed E-state index contributed by atoms with van der Waals surface area (Å²) in [5.41, 5.74) is 1.74. The van der Waals surface area contributed by atoms with Crippen molar-refractivity contribution in [3.8, 4) is 0 Å². The number of hydrogen-bond acceptors (Lipinski definition) is 1. The van der Waals surface area contributed by atoms with Gasteiger partial charge in [-0.3, -0.25) is 4.79 Å². The van der Waals surface area contributed by atoms with Crippen molar-refractivity contribution < 1.29 is 9.18 Å². The van der Waals surface area contributed by atoms with Gasteiger partial charge < -0.3 is 4.90 Å². The SMILES string of the molecule is CC1Cc2ccc(F)cc2N(C)C1=O. The van der Waals surface area contributed by atoms with Crippen LogP contribution in [0, 0.1) is 11.7 Å². The molecule has 0 aliphatic carbocycles. The van der Waals surface area contributed by atoms with E-state index >= 15 is 0 Å². The first-order valence-corrected chi connectivity index (χ1v) is 4.65. The maximum atomic E-state index is 13.0. The minimum atomic E-state index is -0.294. The van der Waals surface area contributed by atoms with E-state index in [0.29, 0.717) is 12.1 Å². The van der Waals surface area contributed by atoms with Crippen molar-refractivity contribution in [2.45, 2.75) is 13.3 Å². The number of amides is 1. The van der Waals surface area contributed by atoms with Gasteiger partial charge >= 0.3 is 0 Å². The van der Waals surface area contributed by atoms with Gasteiger partial charge in [0, 0.05) is 18.7 Å². The van der Waals surface area contributed by atoms with E-state index in [1.54, 1.807) is 13.1 Å². The zero-order valence-corrected chi connectivity index (χ0v) is 8.25. The number of anilines is 1. The summed E-state index contributed by atoms with van der Waals surface area (Å²) in [6.07, 6.45) is 0.707. The molecule has 74 valence electrons. The number of benzene rings is 1. The van der Waals surface area contributed by atoms with Crippen LogP contribution in [0.4, 0.5) is 10.1 Å². The zero-order chi connectivity index (χ0) is 10.3. The summed E-state index contributed by atoms with van der Waals surface area (Å²) >= 11 is 0. The van der Waals surface area contributed by atoms with Crippen molar-refractivity contribution in [1.82, 2.24) is 0 Å². The highest BCUT2D eigenvalue weighted by molar-refractivity contribution is 5.97. The number of nitrogens with zero attached hydrogens (tertiary/aromatic N) is 1. The minimum absolute atomic E-state index is 0.00189. The third kappa shape index (κ3) is 1.29. The van der Waals surface area contributed by atoms with E-state index in [1.807, 2.05) is 6.92 Å². The summed E-state index contributed by atoms with van der Waals surface area (Å²) in [7, 11) is 1.69. The molecular weight excluding hydrogens is 181 g/mol. The van der Waals surface area contributed by atoms with Gasteiger partial charge in [-0.05, 0) is 24.1 Å². The minimum Gasteiger partial charge on any atom is -0.315 e. The summed E-state index contributed by atoms with van der Waals surface area (Å²) < 4.78 is 13.0. The molecule has 1 aliphatic heterocycles. The predicted molar refractivity (Wildman–Crippen MR) is 52.7 cm³/mol. The maximum absolute atomic E-state index is 13.0. The molecule has 0 spiro atoms. The Labute approximate surface area is 82.3 Å². The van der Waals surface area contributed by atoms with Gasteiger partial charge in [0.25, 0.3) is 0 Å². The number of rotatable bonds is 0. The molecule has 1 amide bonds. The van der Waals surface area contributed by atoms with Gasteiger partial charge in [0.2, 0.25) is 5.91 Å². The Morgan fingerprint density at radius 2 is 2.21 bits per heavy atom. The molecule has 1 heterocycles. The van der Waals surface area contributed by atoms with Crippen LogP contribution < -0.4 is 4.90 Å². The van der Waals surface area contributed by atoms with Crippen LogP contribution in [-0.4, -0.2) is 13.0 Å². The van der Waals surface area contributed by atoms with E-state index in [9.17, 15) is 9.18 Å². The average Bonchev–Trinajstić information content (AvgIpc) is 2.16. The molecule has 1 aromatic rings. The molecule has 1 aromatic carbocycles. The molecule has 1 unspecified atom stereocenters. The lowest BCUT2D eigenvalue weighted by Gasteiger charge is -2.29. The van der Waals surface area contributed by atoms with Crippen LogP contribution in [0.2, 0.25) is 0 Å². The Kier molecular flexibility index (Phi) is 2.02. The van der Waals surface area contributed by atoms with Crippen LogP contribution in [0.25, 0.3) is 0 Å². The van der Waals surface area contributed by atoms with Crippen LogP contribution in [0.15, 0.2) is 18.2 Å². The molecule has 0 N–H and O–H groups in total. The molecule has 2 rings (SSSR count).